The summed E-state index contributed by atoms with van der Waals surface area (Å²) < 4.78 is 0. The van der Waals surface area contributed by atoms with Gasteiger partial charge in [0.15, 0.2) is 0 Å². The van der Waals surface area contributed by atoms with Crippen LogP contribution in [0.25, 0.3) is 0 Å². The van der Waals surface area contributed by atoms with E-state index in [9.17, 15) is 4.79 Å². The van der Waals surface area contributed by atoms with Crippen molar-refractivity contribution in [2.75, 3.05) is 5.73 Å². The third kappa shape index (κ3) is 1.54. The molecule has 0 atom stereocenters. The maximum absolute atomic E-state index is 10.5. The molecule has 0 spiro atoms. The highest BCUT2D eigenvalue weighted by atomic mass is 16.1. The first-order chi connectivity index (χ1) is 4.68. The van der Waals surface area contributed by atoms with E-state index >= 15 is 0 Å². The topological polar surface area (TPSA) is 84.7 Å². The minimum absolute atomic E-state index is 0.0381. The Balaban J connectivity index is 2.67. The van der Waals surface area contributed by atoms with Crippen LogP contribution in [0.4, 0.5) is 5.95 Å². The van der Waals surface area contributed by atoms with E-state index in [-0.39, 0.29) is 18.2 Å². The Labute approximate surface area is 57.6 Å². The van der Waals surface area contributed by atoms with Crippen LogP contribution in [0, 0.1) is 0 Å². The minimum Gasteiger partial charge on any atom is -0.367 e. The highest BCUT2D eigenvalue weighted by Crippen LogP contribution is 1.93. The second-order valence-electron chi connectivity index (χ2n) is 2.02. The number of nitrogen functional groups attached to an aromatic ring is 1. The molecule has 0 fully saturated rings. The summed E-state index contributed by atoms with van der Waals surface area (Å²) in [6.07, 6.45) is 0.268. The molecule has 0 aliphatic carbocycles. The van der Waals surface area contributed by atoms with Crippen molar-refractivity contribution in [2.24, 2.45) is 0 Å². The molecule has 0 aromatic carbocycles. The lowest BCUT2D eigenvalue weighted by Crippen LogP contribution is -1.98. The number of hydrogen-bond acceptors (Lipinski definition) is 4. The van der Waals surface area contributed by atoms with Crippen LogP contribution in [0.3, 0.4) is 0 Å². The summed E-state index contributed by atoms with van der Waals surface area (Å²) in [5, 5.41) is 6.09. The molecule has 0 amide bonds. The van der Waals surface area contributed by atoms with Gasteiger partial charge in [0.05, 0.1) is 6.42 Å². The molecule has 0 unspecified atom stereocenters. The van der Waals surface area contributed by atoms with Crippen LogP contribution >= 0.6 is 0 Å². The number of nitrogens with zero attached hydrogens (tertiary/aromatic N) is 2. The zero-order valence-corrected chi connectivity index (χ0v) is 5.59. The van der Waals surface area contributed by atoms with Gasteiger partial charge < -0.3 is 5.73 Å². The summed E-state index contributed by atoms with van der Waals surface area (Å²) in [6.45, 7) is 1.48. The lowest BCUT2D eigenvalue weighted by molar-refractivity contribution is -0.116. The van der Waals surface area contributed by atoms with Gasteiger partial charge in [-0.25, -0.2) is 0 Å². The molecule has 5 nitrogen and oxygen atoms in total. The van der Waals surface area contributed by atoms with Crippen LogP contribution in [0.5, 0.6) is 0 Å². The predicted molar refractivity (Wildman–Crippen MR) is 35.2 cm³/mol. The fourth-order valence-corrected chi connectivity index (χ4v) is 0.625. The van der Waals surface area contributed by atoms with Crippen LogP contribution in [0.15, 0.2) is 0 Å². The fourth-order valence-electron chi connectivity index (χ4n) is 0.625. The van der Waals surface area contributed by atoms with Gasteiger partial charge in [0.25, 0.3) is 0 Å². The van der Waals surface area contributed by atoms with E-state index in [4.69, 9.17) is 5.73 Å². The number of carbonyl (C=O) groups is 1. The van der Waals surface area contributed by atoms with E-state index in [1.54, 1.807) is 0 Å². The lowest BCUT2D eigenvalue weighted by Gasteiger charge is -1.85. The highest BCUT2D eigenvalue weighted by molar-refractivity contribution is 5.77. The predicted octanol–water partition coefficient (Wildman–Crippen LogP) is -0.482. The summed E-state index contributed by atoms with van der Waals surface area (Å²) >= 11 is 0. The van der Waals surface area contributed by atoms with E-state index in [0.717, 1.165) is 0 Å². The first kappa shape index (κ1) is 6.73. The zero-order chi connectivity index (χ0) is 7.56. The zero-order valence-electron chi connectivity index (χ0n) is 5.59. The van der Waals surface area contributed by atoms with Gasteiger partial charge in [0.1, 0.15) is 11.6 Å². The van der Waals surface area contributed by atoms with Crippen molar-refractivity contribution in [3.63, 3.8) is 0 Å². The second-order valence-corrected chi connectivity index (χ2v) is 2.02. The Morgan fingerprint density at radius 3 is 2.90 bits per heavy atom. The molecule has 0 bridgehead atoms. The number of ketones is 1. The van der Waals surface area contributed by atoms with E-state index in [1.807, 2.05) is 0 Å². The van der Waals surface area contributed by atoms with Crippen molar-refractivity contribution >= 4 is 11.7 Å². The first-order valence-electron chi connectivity index (χ1n) is 2.84. The average Bonchev–Trinajstić information content (AvgIpc) is 2.13. The van der Waals surface area contributed by atoms with Gasteiger partial charge in [-0.3, -0.25) is 9.89 Å². The summed E-state index contributed by atoms with van der Waals surface area (Å²) in [7, 11) is 0. The quantitative estimate of drug-likeness (QED) is 0.581. The molecule has 0 aliphatic heterocycles. The lowest BCUT2D eigenvalue weighted by atomic mass is 10.3. The number of carbonyl (C=O) groups excluding carboxylic acids is 1. The van der Waals surface area contributed by atoms with Crippen LogP contribution in [-0.2, 0) is 11.2 Å². The van der Waals surface area contributed by atoms with E-state index in [1.165, 1.54) is 6.92 Å². The molecule has 0 aliphatic rings. The van der Waals surface area contributed by atoms with Crippen molar-refractivity contribution in [2.45, 2.75) is 13.3 Å². The Hall–Kier alpha value is -1.39. The van der Waals surface area contributed by atoms with Gasteiger partial charge in [-0.1, -0.05) is 0 Å². The van der Waals surface area contributed by atoms with Gasteiger partial charge in [0.2, 0.25) is 5.95 Å². The van der Waals surface area contributed by atoms with Crippen LogP contribution < -0.4 is 5.73 Å². The number of hydrogen-bond donors (Lipinski definition) is 2. The summed E-state index contributed by atoms with van der Waals surface area (Å²) in [5.41, 5.74) is 5.19. The SMILES string of the molecule is CC(=O)Cc1nc(N)n[nH]1. The third-order valence-electron chi connectivity index (χ3n) is 0.965. The molecule has 1 heterocycles. The summed E-state index contributed by atoms with van der Waals surface area (Å²) in [4.78, 5) is 14.2. The van der Waals surface area contributed by atoms with Crippen LogP contribution in [0.1, 0.15) is 12.7 Å². The van der Waals surface area contributed by atoms with Crippen LogP contribution in [0.2, 0.25) is 0 Å². The molecule has 1 aromatic rings. The molecule has 1 rings (SSSR count). The summed E-state index contributed by atoms with van der Waals surface area (Å²) in [6, 6.07) is 0. The Bertz CT molecular complexity index is 242. The first-order valence-corrected chi connectivity index (χ1v) is 2.84. The van der Waals surface area contributed by atoms with Gasteiger partial charge >= 0.3 is 0 Å². The Morgan fingerprint density at radius 2 is 2.50 bits per heavy atom. The third-order valence-corrected chi connectivity index (χ3v) is 0.965. The van der Waals surface area contributed by atoms with Crippen molar-refractivity contribution < 1.29 is 4.79 Å². The van der Waals surface area contributed by atoms with Gasteiger partial charge in [-0.2, -0.15) is 4.98 Å². The maximum Gasteiger partial charge on any atom is 0.239 e. The number of nitrogens with one attached hydrogen (secondary N) is 1. The monoisotopic (exact) mass is 140 g/mol. The standard InChI is InChI=1S/C5H8N4O/c1-3(10)2-4-7-5(6)9-8-4/h2H2,1H3,(H3,6,7,8,9). The summed E-state index contributed by atoms with van der Waals surface area (Å²) in [5.74, 6) is 0.734. The molecule has 1 aromatic heterocycles. The number of aromatic amines is 1. The average molecular weight is 140 g/mol. The van der Waals surface area contributed by atoms with E-state index in [0.29, 0.717) is 5.82 Å². The molecule has 54 valence electrons. The largest absolute Gasteiger partial charge is 0.367 e. The molecule has 0 saturated carbocycles. The van der Waals surface area contributed by atoms with Crippen molar-refractivity contribution in [3.8, 4) is 0 Å². The molecule has 5 heteroatoms. The smallest absolute Gasteiger partial charge is 0.239 e. The number of nitrogens with two attached hydrogens (primary N) is 1. The minimum atomic E-state index is 0.0381. The Morgan fingerprint density at radius 1 is 1.80 bits per heavy atom. The molecule has 0 saturated heterocycles. The number of H-pyrrole nitrogens is 1. The van der Waals surface area contributed by atoms with Gasteiger partial charge in [0, 0.05) is 0 Å². The van der Waals surface area contributed by atoms with E-state index in [2.05, 4.69) is 15.2 Å². The molecular formula is C5H8N4O. The highest BCUT2D eigenvalue weighted by Gasteiger charge is 2.01. The van der Waals surface area contributed by atoms with Crippen LogP contribution in [-0.4, -0.2) is 21.0 Å². The number of anilines is 1. The number of aromatic nitrogens is 3. The van der Waals surface area contributed by atoms with Crippen molar-refractivity contribution in [1.29, 1.82) is 0 Å². The fraction of sp³-hybridized carbons (Fsp3) is 0.400. The Kier molecular flexibility index (Phi) is 1.66. The normalized spacial score (nSPS) is 9.70. The molecule has 3 N–H and O–H groups in total. The number of Topliss-reactive ketones (excluding diaryl/α,β-unsaturated/α-hetero) is 1. The van der Waals surface area contributed by atoms with E-state index < -0.39 is 0 Å². The maximum atomic E-state index is 10.5. The molecule has 10 heavy (non-hydrogen) atoms. The molecular weight excluding hydrogens is 132 g/mol. The number of rotatable bonds is 2. The van der Waals surface area contributed by atoms with Gasteiger partial charge in [-0.15, -0.1) is 5.10 Å². The van der Waals surface area contributed by atoms with Crippen molar-refractivity contribution in [3.05, 3.63) is 5.82 Å². The van der Waals surface area contributed by atoms with Gasteiger partial charge in [-0.05, 0) is 6.92 Å². The second kappa shape index (κ2) is 2.47. The van der Waals surface area contributed by atoms with Crippen molar-refractivity contribution in [1.82, 2.24) is 15.2 Å². The molecule has 0 radical (unpaired) electrons.